The summed E-state index contributed by atoms with van der Waals surface area (Å²) in [6.07, 6.45) is 3.54. The Balaban J connectivity index is 2.70. The van der Waals surface area contributed by atoms with Crippen LogP contribution in [0.3, 0.4) is 0 Å². The van der Waals surface area contributed by atoms with Crippen molar-refractivity contribution in [2.75, 3.05) is 18.5 Å². The van der Waals surface area contributed by atoms with E-state index < -0.39 is 0 Å². The van der Waals surface area contributed by atoms with E-state index in [1.165, 1.54) is 0 Å². The molecule has 0 aliphatic rings. The molecule has 3 nitrogen and oxygen atoms in total. The number of anilines is 1. The van der Waals surface area contributed by atoms with Crippen LogP contribution in [0, 0.1) is 5.41 Å². The van der Waals surface area contributed by atoms with Gasteiger partial charge in [-0.1, -0.05) is 20.8 Å². The van der Waals surface area contributed by atoms with Gasteiger partial charge in [0.2, 0.25) is 5.95 Å². The van der Waals surface area contributed by atoms with Crippen molar-refractivity contribution >= 4 is 17.5 Å². The number of alkyl halides is 1. The molecule has 1 heterocycles. The Morgan fingerprint density at radius 1 is 1.27 bits per heavy atom. The Hall–Kier alpha value is -0.830. The molecule has 0 bridgehead atoms. The van der Waals surface area contributed by atoms with Gasteiger partial charge in [0.05, 0.1) is 5.88 Å². The Morgan fingerprint density at radius 3 is 2.20 bits per heavy atom. The Kier molecular flexibility index (Phi) is 3.91. The van der Waals surface area contributed by atoms with Crippen LogP contribution in [0.1, 0.15) is 26.3 Å². The van der Waals surface area contributed by atoms with Gasteiger partial charge in [0.1, 0.15) is 0 Å². The molecule has 1 aromatic heterocycles. The first-order chi connectivity index (χ1) is 6.92. The fraction of sp³-hybridized carbons (Fsp3) is 0.636. The zero-order valence-corrected chi connectivity index (χ0v) is 10.5. The van der Waals surface area contributed by atoms with Crippen molar-refractivity contribution in [2.45, 2.75) is 26.7 Å². The summed E-state index contributed by atoms with van der Waals surface area (Å²) in [7, 11) is 2.00. The normalized spacial score (nSPS) is 11.5. The summed E-state index contributed by atoms with van der Waals surface area (Å²) < 4.78 is 0. The third-order valence-corrected chi connectivity index (χ3v) is 2.21. The first kappa shape index (κ1) is 12.2. The van der Waals surface area contributed by atoms with E-state index in [0.717, 1.165) is 18.1 Å². The first-order valence-corrected chi connectivity index (χ1v) is 5.54. The summed E-state index contributed by atoms with van der Waals surface area (Å²) >= 11 is 5.67. The van der Waals surface area contributed by atoms with Gasteiger partial charge >= 0.3 is 0 Å². The molecule has 4 heteroatoms. The van der Waals surface area contributed by atoms with Crippen LogP contribution >= 0.6 is 11.6 Å². The fourth-order valence-corrected chi connectivity index (χ4v) is 1.53. The second-order valence-corrected chi connectivity index (χ2v) is 5.21. The van der Waals surface area contributed by atoms with Gasteiger partial charge in [-0.15, -0.1) is 11.6 Å². The van der Waals surface area contributed by atoms with Crippen molar-refractivity contribution < 1.29 is 0 Å². The minimum Gasteiger partial charge on any atom is -0.343 e. The van der Waals surface area contributed by atoms with Crippen molar-refractivity contribution in [2.24, 2.45) is 5.41 Å². The molecule has 0 aromatic carbocycles. The summed E-state index contributed by atoms with van der Waals surface area (Å²) in [4.78, 5) is 10.6. The Labute approximate surface area is 96.5 Å². The molecule has 0 saturated heterocycles. The molecule has 0 N–H and O–H groups in total. The molecule has 84 valence electrons. The summed E-state index contributed by atoms with van der Waals surface area (Å²) in [5.41, 5.74) is 1.19. The maximum atomic E-state index is 5.67. The number of hydrogen-bond acceptors (Lipinski definition) is 3. The lowest BCUT2D eigenvalue weighted by atomic mass is 9.96. The van der Waals surface area contributed by atoms with E-state index in [1.807, 2.05) is 7.05 Å². The topological polar surface area (TPSA) is 29.0 Å². The maximum Gasteiger partial charge on any atom is 0.225 e. The smallest absolute Gasteiger partial charge is 0.225 e. The molecule has 0 radical (unpaired) electrons. The van der Waals surface area contributed by atoms with Gasteiger partial charge in [0.25, 0.3) is 0 Å². The van der Waals surface area contributed by atoms with Crippen molar-refractivity contribution in [1.29, 1.82) is 0 Å². The highest BCUT2D eigenvalue weighted by Gasteiger charge is 2.15. The molecule has 1 aromatic rings. The minimum absolute atomic E-state index is 0.239. The lowest BCUT2D eigenvalue weighted by Gasteiger charge is -2.26. The maximum absolute atomic E-state index is 5.67. The summed E-state index contributed by atoms with van der Waals surface area (Å²) in [6, 6.07) is 0. The third kappa shape index (κ3) is 4.04. The van der Waals surface area contributed by atoms with Crippen LogP contribution in [0.15, 0.2) is 12.4 Å². The Morgan fingerprint density at radius 2 is 1.80 bits per heavy atom. The minimum atomic E-state index is 0.239. The third-order valence-electron chi connectivity index (χ3n) is 1.90. The van der Waals surface area contributed by atoms with Crippen molar-refractivity contribution in [3.05, 3.63) is 18.0 Å². The van der Waals surface area contributed by atoms with E-state index in [4.69, 9.17) is 11.6 Å². The zero-order chi connectivity index (χ0) is 11.5. The van der Waals surface area contributed by atoms with E-state index in [0.29, 0.717) is 5.88 Å². The molecule has 0 spiro atoms. The monoisotopic (exact) mass is 227 g/mol. The number of rotatable bonds is 3. The molecule has 0 atom stereocenters. The Bertz CT molecular complexity index is 303. The highest BCUT2D eigenvalue weighted by molar-refractivity contribution is 6.17. The summed E-state index contributed by atoms with van der Waals surface area (Å²) in [6.45, 7) is 7.50. The van der Waals surface area contributed by atoms with Gasteiger partial charge in [-0.25, -0.2) is 9.97 Å². The van der Waals surface area contributed by atoms with Crippen molar-refractivity contribution in [1.82, 2.24) is 9.97 Å². The van der Waals surface area contributed by atoms with Crippen LogP contribution in [0.25, 0.3) is 0 Å². The van der Waals surface area contributed by atoms with E-state index in [1.54, 1.807) is 12.4 Å². The van der Waals surface area contributed by atoms with Gasteiger partial charge < -0.3 is 4.90 Å². The summed E-state index contributed by atoms with van der Waals surface area (Å²) in [5.74, 6) is 1.21. The van der Waals surface area contributed by atoms with E-state index in [9.17, 15) is 0 Å². The lowest BCUT2D eigenvalue weighted by Crippen LogP contribution is -2.30. The quantitative estimate of drug-likeness (QED) is 0.744. The van der Waals surface area contributed by atoms with Gasteiger partial charge in [0, 0.05) is 31.5 Å². The second kappa shape index (κ2) is 4.79. The predicted octanol–water partition coefficient (Wildman–Crippen LogP) is 2.70. The van der Waals surface area contributed by atoms with Gasteiger partial charge in [0.15, 0.2) is 0 Å². The number of halogens is 1. The predicted molar refractivity (Wildman–Crippen MR) is 64.3 cm³/mol. The molecule has 0 aliphatic heterocycles. The first-order valence-electron chi connectivity index (χ1n) is 5.00. The largest absolute Gasteiger partial charge is 0.343 e. The second-order valence-electron chi connectivity index (χ2n) is 4.94. The standard InChI is InChI=1S/C11H18ClN3/c1-11(2,3)8-15(4)10-13-6-9(5-12)7-14-10/h6-7H,5,8H2,1-4H3. The lowest BCUT2D eigenvalue weighted by molar-refractivity contribution is 0.416. The molecule has 0 saturated carbocycles. The number of aromatic nitrogens is 2. The zero-order valence-electron chi connectivity index (χ0n) is 9.79. The van der Waals surface area contributed by atoms with E-state index >= 15 is 0 Å². The van der Waals surface area contributed by atoms with Crippen LogP contribution in [-0.2, 0) is 5.88 Å². The molecule has 0 aliphatic carbocycles. The van der Waals surface area contributed by atoms with Crippen molar-refractivity contribution in [3.63, 3.8) is 0 Å². The highest BCUT2D eigenvalue weighted by Crippen LogP contribution is 2.17. The van der Waals surface area contributed by atoms with E-state index in [-0.39, 0.29) is 5.41 Å². The number of nitrogens with zero attached hydrogens (tertiary/aromatic N) is 3. The highest BCUT2D eigenvalue weighted by atomic mass is 35.5. The van der Waals surface area contributed by atoms with Gasteiger partial charge in [-0.05, 0) is 5.41 Å². The van der Waals surface area contributed by atoms with Crippen LogP contribution in [0.2, 0.25) is 0 Å². The van der Waals surface area contributed by atoms with Gasteiger partial charge in [-0.2, -0.15) is 0 Å². The van der Waals surface area contributed by atoms with Crippen LogP contribution in [0.5, 0.6) is 0 Å². The van der Waals surface area contributed by atoms with Crippen LogP contribution in [-0.4, -0.2) is 23.6 Å². The molecule has 15 heavy (non-hydrogen) atoms. The van der Waals surface area contributed by atoms with Gasteiger partial charge in [-0.3, -0.25) is 0 Å². The average molecular weight is 228 g/mol. The van der Waals surface area contributed by atoms with E-state index in [2.05, 4.69) is 35.6 Å². The molecule has 0 fully saturated rings. The summed E-state index contributed by atoms with van der Waals surface area (Å²) in [5, 5.41) is 0. The molecular formula is C11H18ClN3. The average Bonchev–Trinajstić information content (AvgIpc) is 2.15. The molecule has 0 amide bonds. The number of hydrogen-bond donors (Lipinski definition) is 0. The molecule has 1 rings (SSSR count). The van der Waals surface area contributed by atoms with Crippen LogP contribution in [0.4, 0.5) is 5.95 Å². The van der Waals surface area contributed by atoms with Crippen LogP contribution < -0.4 is 4.90 Å². The molecule has 0 unspecified atom stereocenters. The fourth-order valence-electron chi connectivity index (χ4n) is 1.40. The SMILES string of the molecule is CN(CC(C)(C)C)c1ncc(CCl)cn1. The van der Waals surface area contributed by atoms with Crippen molar-refractivity contribution in [3.8, 4) is 0 Å². The molecular weight excluding hydrogens is 210 g/mol.